The summed E-state index contributed by atoms with van der Waals surface area (Å²) in [7, 11) is 0. The topological polar surface area (TPSA) is 84.7 Å². The highest BCUT2D eigenvalue weighted by atomic mass is 32.2. The number of carbonyl (C=O) groups excluding carboxylic acids is 1. The fraction of sp³-hybridized carbons (Fsp3) is 0.368. The number of halogens is 1. The van der Waals surface area contributed by atoms with Gasteiger partial charge in [-0.15, -0.1) is 0 Å². The molecule has 3 aromatic rings. The third-order valence-corrected chi connectivity index (χ3v) is 4.67. The van der Waals surface area contributed by atoms with Crippen LogP contribution in [0.15, 0.2) is 35.6 Å². The molecule has 7 nitrogen and oxygen atoms in total. The molecule has 9 heteroatoms. The molecule has 2 heterocycles. The molecule has 0 saturated carbocycles. The van der Waals surface area contributed by atoms with Gasteiger partial charge in [-0.25, -0.2) is 19.0 Å². The lowest BCUT2D eigenvalue weighted by molar-refractivity contribution is -0.120. The average molecular weight is 402 g/mol. The fourth-order valence-electron chi connectivity index (χ4n) is 2.72. The Morgan fingerprint density at radius 1 is 1.21 bits per heavy atom. The van der Waals surface area contributed by atoms with Gasteiger partial charge in [0.1, 0.15) is 11.6 Å². The predicted octanol–water partition coefficient (Wildman–Crippen LogP) is 2.87. The first kappa shape index (κ1) is 20.1. The van der Waals surface area contributed by atoms with Crippen molar-refractivity contribution in [3.05, 3.63) is 41.8 Å². The summed E-state index contributed by atoms with van der Waals surface area (Å²) in [5, 5.41) is 12.1. The first-order valence-electron chi connectivity index (χ1n) is 9.13. The van der Waals surface area contributed by atoms with E-state index in [1.54, 1.807) is 23.0 Å². The third kappa shape index (κ3) is 4.98. The van der Waals surface area contributed by atoms with E-state index in [0.717, 1.165) is 35.4 Å². The van der Waals surface area contributed by atoms with Crippen LogP contribution in [0.4, 0.5) is 10.2 Å². The van der Waals surface area contributed by atoms with E-state index in [0.29, 0.717) is 18.2 Å². The molecular formula is C19H23FN6OS. The molecule has 1 aromatic carbocycles. The number of thioether (sulfide) groups is 1. The molecule has 2 aromatic heterocycles. The van der Waals surface area contributed by atoms with Crippen LogP contribution in [0, 0.1) is 5.82 Å². The zero-order valence-corrected chi connectivity index (χ0v) is 16.7. The number of amides is 1. The second-order valence-corrected chi connectivity index (χ2v) is 7.02. The molecule has 0 fully saturated rings. The number of nitrogens with one attached hydrogen (secondary N) is 2. The number of aromatic nitrogens is 4. The minimum atomic E-state index is -0.311. The van der Waals surface area contributed by atoms with E-state index in [1.165, 1.54) is 23.9 Å². The fourth-order valence-corrected chi connectivity index (χ4v) is 3.08. The Bertz CT molecular complexity index is 943. The van der Waals surface area contributed by atoms with Crippen LogP contribution in [-0.2, 0) is 17.8 Å². The maximum absolute atomic E-state index is 12.9. The van der Waals surface area contributed by atoms with Crippen molar-refractivity contribution < 1.29 is 9.18 Å². The lowest BCUT2D eigenvalue weighted by Crippen LogP contribution is -2.28. The third-order valence-electron chi connectivity index (χ3n) is 4.12. The Hall–Kier alpha value is -2.68. The van der Waals surface area contributed by atoms with E-state index < -0.39 is 0 Å². The van der Waals surface area contributed by atoms with Crippen LogP contribution in [-0.4, -0.2) is 45.0 Å². The number of carbonyl (C=O) groups is 1. The Labute approximate surface area is 167 Å². The molecule has 0 radical (unpaired) electrons. The van der Waals surface area contributed by atoms with Crippen molar-refractivity contribution in [3.63, 3.8) is 0 Å². The van der Waals surface area contributed by atoms with Gasteiger partial charge >= 0.3 is 0 Å². The second kappa shape index (κ2) is 9.50. The van der Waals surface area contributed by atoms with Crippen molar-refractivity contribution in [2.75, 3.05) is 24.7 Å². The number of rotatable bonds is 9. The monoisotopic (exact) mass is 402 g/mol. The second-order valence-electron chi connectivity index (χ2n) is 6.24. The predicted molar refractivity (Wildman–Crippen MR) is 109 cm³/mol. The van der Waals surface area contributed by atoms with E-state index in [2.05, 4.69) is 32.6 Å². The zero-order valence-electron chi connectivity index (χ0n) is 15.9. The quantitative estimate of drug-likeness (QED) is 0.423. The maximum atomic E-state index is 12.9. The van der Waals surface area contributed by atoms with Crippen LogP contribution in [0.25, 0.3) is 11.0 Å². The van der Waals surface area contributed by atoms with Crippen LogP contribution in [0.3, 0.4) is 0 Å². The molecule has 0 bridgehead atoms. The van der Waals surface area contributed by atoms with Crippen LogP contribution in [0.2, 0.25) is 0 Å². The van der Waals surface area contributed by atoms with E-state index in [4.69, 9.17) is 0 Å². The Balaban J connectivity index is 1.63. The SMILES string of the molecule is CCCNc1nc(SC)nc2c1cnn2CCNC(=O)Cc1ccc(F)cc1. The van der Waals surface area contributed by atoms with Gasteiger partial charge in [0.15, 0.2) is 10.8 Å². The van der Waals surface area contributed by atoms with Crippen molar-refractivity contribution in [3.8, 4) is 0 Å². The molecule has 0 spiro atoms. The van der Waals surface area contributed by atoms with E-state index >= 15 is 0 Å². The molecule has 1 amide bonds. The lowest BCUT2D eigenvalue weighted by atomic mass is 10.1. The van der Waals surface area contributed by atoms with Crippen molar-refractivity contribution in [1.82, 2.24) is 25.1 Å². The highest BCUT2D eigenvalue weighted by molar-refractivity contribution is 7.98. The Kier molecular flexibility index (Phi) is 6.80. The molecule has 0 aliphatic rings. The van der Waals surface area contributed by atoms with Crippen molar-refractivity contribution in [2.45, 2.75) is 31.5 Å². The Morgan fingerprint density at radius 3 is 2.71 bits per heavy atom. The zero-order chi connectivity index (χ0) is 19.9. The molecule has 0 atom stereocenters. The standard InChI is InChI=1S/C19H23FN6OS/c1-3-8-22-17-15-12-23-26(18(15)25-19(24-17)28-2)10-9-21-16(27)11-13-4-6-14(20)7-5-13/h4-7,12H,3,8-11H2,1-2H3,(H,21,27)(H,22,24,25). The number of fused-ring (bicyclic) bond motifs is 1. The summed E-state index contributed by atoms with van der Waals surface area (Å²) >= 11 is 1.47. The summed E-state index contributed by atoms with van der Waals surface area (Å²) in [5.41, 5.74) is 1.51. The van der Waals surface area contributed by atoms with Gasteiger partial charge in [-0.2, -0.15) is 5.10 Å². The van der Waals surface area contributed by atoms with Gasteiger partial charge in [-0.3, -0.25) is 4.79 Å². The van der Waals surface area contributed by atoms with Crippen LogP contribution < -0.4 is 10.6 Å². The largest absolute Gasteiger partial charge is 0.369 e. The molecule has 2 N–H and O–H groups in total. The molecule has 0 aliphatic heterocycles. The van der Waals surface area contributed by atoms with E-state index in [-0.39, 0.29) is 18.1 Å². The van der Waals surface area contributed by atoms with Gasteiger partial charge in [0.25, 0.3) is 0 Å². The first-order valence-corrected chi connectivity index (χ1v) is 10.4. The number of benzene rings is 1. The summed E-state index contributed by atoms with van der Waals surface area (Å²) < 4.78 is 14.7. The average Bonchev–Trinajstić information content (AvgIpc) is 3.11. The molecule has 0 saturated heterocycles. The van der Waals surface area contributed by atoms with Gasteiger partial charge in [0.2, 0.25) is 5.91 Å². The molecule has 0 aliphatic carbocycles. The maximum Gasteiger partial charge on any atom is 0.224 e. The van der Waals surface area contributed by atoms with Gasteiger partial charge < -0.3 is 10.6 Å². The number of hydrogen-bond acceptors (Lipinski definition) is 6. The van der Waals surface area contributed by atoms with Crippen LogP contribution in [0.1, 0.15) is 18.9 Å². The summed E-state index contributed by atoms with van der Waals surface area (Å²) in [6.07, 6.45) is 4.89. The van der Waals surface area contributed by atoms with Crippen LogP contribution >= 0.6 is 11.8 Å². The molecule has 3 rings (SSSR count). The van der Waals surface area contributed by atoms with Crippen molar-refractivity contribution in [1.29, 1.82) is 0 Å². The molecule has 148 valence electrons. The van der Waals surface area contributed by atoms with Crippen molar-refractivity contribution in [2.24, 2.45) is 0 Å². The summed E-state index contributed by atoms with van der Waals surface area (Å²) in [6.45, 7) is 3.84. The number of nitrogens with zero attached hydrogens (tertiary/aromatic N) is 4. The highest BCUT2D eigenvalue weighted by Crippen LogP contribution is 2.23. The Morgan fingerprint density at radius 2 is 2.00 bits per heavy atom. The molecular weight excluding hydrogens is 379 g/mol. The number of hydrogen-bond donors (Lipinski definition) is 2. The normalized spacial score (nSPS) is 11.0. The summed E-state index contributed by atoms with van der Waals surface area (Å²) in [6, 6.07) is 5.93. The van der Waals surface area contributed by atoms with Gasteiger partial charge in [-0.1, -0.05) is 30.8 Å². The molecule has 0 unspecified atom stereocenters. The lowest BCUT2D eigenvalue weighted by Gasteiger charge is -2.09. The first-order chi connectivity index (χ1) is 13.6. The van der Waals surface area contributed by atoms with E-state index in [1.807, 2.05) is 6.26 Å². The molecule has 28 heavy (non-hydrogen) atoms. The van der Waals surface area contributed by atoms with Crippen LogP contribution in [0.5, 0.6) is 0 Å². The minimum absolute atomic E-state index is 0.118. The van der Waals surface area contributed by atoms with E-state index in [9.17, 15) is 9.18 Å². The van der Waals surface area contributed by atoms with Gasteiger partial charge in [0.05, 0.1) is 24.5 Å². The smallest absolute Gasteiger partial charge is 0.224 e. The highest BCUT2D eigenvalue weighted by Gasteiger charge is 2.13. The summed E-state index contributed by atoms with van der Waals surface area (Å²) in [4.78, 5) is 21.2. The minimum Gasteiger partial charge on any atom is -0.369 e. The van der Waals surface area contributed by atoms with Crippen molar-refractivity contribution >= 4 is 34.5 Å². The summed E-state index contributed by atoms with van der Waals surface area (Å²) in [5.74, 6) is 0.352. The van der Waals surface area contributed by atoms with Gasteiger partial charge in [-0.05, 0) is 30.4 Å². The van der Waals surface area contributed by atoms with Gasteiger partial charge in [0, 0.05) is 13.1 Å². The number of anilines is 1.